The van der Waals surface area contributed by atoms with Gasteiger partial charge in [-0.25, -0.2) is 16.8 Å². The summed E-state index contributed by atoms with van der Waals surface area (Å²) < 4.78 is 50.3. The van der Waals surface area contributed by atoms with Crippen molar-refractivity contribution in [2.45, 2.75) is 81.8 Å². The zero-order valence-corrected chi connectivity index (χ0v) is 18.1. The lowest BCUT2D eigenvalue weighted by Gasteiger charge is -2.25. The minimum absolute atomic E-state index is 0.0321. The molecule has 0 spiro atoms. The first kappa shape index (κ1) is 23.9. The second-order valence-electron chi connectivity index (χ2n) is 7.38. The van der Waals surface area contributed by atoms with Gasteiger partial charge in [-0.15, -0.1) is 0 Å². The summed E-state index contributed by atoms with van der Waals surface area (Å²) in [6.07, 6.45) is 8.50. The number of hydrogen-bond donors (Lipinski definition) is 3. The van der Waals surface area contributed by atoms with Crippen molar-refractivity contribution in [2.75, 3.05) is 4.72 Å². The van der Waals surface area contributed by atoms with E-state index in [1.807, 2.05) is 0 Å². The molecule has 0 aromatic heterocycles. The Balaban J connectivity index is 2.62. The topological polar surface area (TPSA) is 118 Å². The van der Waals surface area contributed by atoms with Gasteiger partial charge in [-0.1, -0.05) is 51.9 Å². The summed E-state index contributed by atoms with van der Waals surface area (Å²) in [5, 5.41) is 0. The summed E-state index contributed by atoms with van der Waals surface area (Å²) in [6.45, 7) is 5.61. The molecular weight excluding hydrogens is 386 g/mol. The molecule has 0 fully saturated rings. The van der Waals surface area contributed by atoms with Gasteiger partial charge < -0.3 is 0 Å². The van der Waals surface area contributed by atoms with Crippen molar-refractivity contribution in [3.63, 3.8) is 0 Å². The van der Waals surface area contributed by atoms with Crippen molar-refractivity contribution in [1.29, 1.82) is 0 Å². The van der Waals surface area contributed by atoms with Gasteiger partial charge in [-0.05, 0) is 44.5 Å². The van der Waals surface area contributed by atoms with Gasteiger partial charge in [0.05, 0.1) is 9.64 Å². The second kappa shape index (κ2) is 10.4. The molecule has 0 aliphatic heterocycles. The SMILES string of the molecule is CCCCCCCCCC(C)(C)S(=O)(=O)Nc1ccc(S(=O)(=O)NN)cc1. The molecule has 7 nitrogen and oxygen atoms in total. The van der Waals surface area contributed by atoms with E-state index < -0.39 is 24.8 Å². The number of anilines is 1. The third-order valence-electron chi connectivity index (χ3n) is 4.68. The van der Waals surface area contributed by atoms with Crippen molar-refractivity contribution in [3.8, 4) is 0 Å². The summed E-state index contributed by atoms with van der Waals surface area (Å²) in [4.78, 5) is 1.70. The standard InChI is InChI=1S/C18H33N3O4S2/c1-4-5-6-7-8-9-10-15-18(2,3)27(24,25)20-16-11-13-17(14-12-16)26(22,23)21-19/h11-14,20-21H,4-10,15,19H2,1-3H3. The Hall–Kier alpha value is -1.16. The molecule has 0 radical (unpaired) electrons. The number of nitrogens with two attached hydrogens (primary N) is 1. The average Bonchev–Trinajstić information content (AvgIpc) is 2.61. The summed E-state index contributed by atoms with van der Waals surface area (Å²) in [5.74, 6) is 4.98. The number of unbranched alkanes of at least 4 members (excludes halogenated alkanes) is 6. The summed E-state index contributed by atoms with van der Waals surface area (Å²) >= 11 is 0. The van der Waals surface area contributed by atoms with Gasteiger partial charge in [0, 0.05) is 5.69 Å². The number of benzene rings is 1. The van der Waals surface area contributed by atoms with E-state index in [1.165, 1.54) is 49.9 Å². The number of hydrazine groups is 1. The maximum absolute atomic E-state index is 12.7. The quantitative estimate of drug-likeness (QED) is 0.257. The molecule has 1 aromatic carbocycles. The van der Waals surface area contributed by atoms with Gasteiger partial charge in [0.15, 0.2) is 0 Å². The molecule has 9 heteroatoms. The normalized spacial score (nSPS) is 12.9. The number of rotatable bonds is 13. The molecule has 4 N–H and O–H groups in total. The number of hydrogen-bond acceptors (Lipinski definition) is 5. The first-order valence-electron chi connectivity index (χ1n) is 9.40. The molecule has 0 bridgehead atoms. The maximum atomic E-state index is 12.7. The van der Waals surface area contributed by atoms with Crippen LogP contribution < -0.4 is 15.4 Å². The fraction of sp³-hybridized carbons (Fsp3) is 0.667. The highest BCUT2D eigenvalue weighted by Gasteiger charge is 2.33. The summed E-state index contributed by atoms with van der Waals surface area (Å²) in [5.41, 5.74) is 0.318. The van der Waals surface area contributed by atoms with Crippen LogP contribution in [0.15, 0.2) is 29.2 Å². The lowest BCUT2D eigenvalue weighted by atomic mass is 10.0. The summed E-state index contributed by atoms with van der Waals surface area (Å²) in [6, 6.07) is 5.42. The van der Waals surface area contributed by atoms with Crippen molar-refractivity contribution in [2.24, 2.45) is 5.84 Å². The molecule has 156 valence electrons. The fourth-order valence-corrected chi connectivity index (χ4v) is 4.47. The van der Waals surface area contributed by atoms with Crippen LogP contribution in [-0.4, -0.2) is 21.6 Å². The number of sulfonamides is 2. The first-order chi connectivity index (χ1) is 12.6. The number of nitrogens with one attached hydrogen (secondary N) is 2. The lowest BCUT2D eigenvalue weighted by molar-refractivity contribution is 0.498. The Labute approximate surface area is 164 Å². The predicted octanol–water partition coefficient (Wildman–Crippen LogP) is 3.50. The fourth-order valence-electron chi connectivity index (χ4n) is 2.71. The monoisotopic (exact) mass is 419 g/mol. The minimum atomic E-state index is -3.76. The Morgan fingerprint density at radius 1 is 0.889 bits per heavy atom. The molecule has 1 aromatic rings. The van der Waals surface area contributed by atoms with Crippen LogP contribution >= 0.6 is 0 Å². The molecule has 0 heterocycles. The van der Waals surface area contributed by atoms with Crippen LogP contribution in [0.1, 0.15) is 72.1 Å². The Bertz CT molecular complexity index is 773. The molecule has 27 heavy (non-hydrogen) atoms. The lowest BCUT2D eigenvalue weighted by Crippen LogP contribution is -2.36. The predicted molar refractivity (Wildman–Crippen MR) is 110 cm³/mol. The average molecular weight is 420 g/mol. The van der Waals surface area contributed by atoms with Gasteiger partial charge in [0.1, 0.15) is 0 Å². The van der Waals surface area contributed by atoms with Gasteiger partial charge >= 0.3 is 0 Å². The largest absolute Gasteiger partial charge is 0.283 e. The molecule has 1 rings (SSSR count). The van der Waals surface area contributed by atoms with E-state index in [4.69, 9.17) is 5.84 Å². The van der Waals surface area contributed by atoms with Crippen LogP contribution in [0.2, 0.25) is 0 Å². The van der Waals surface area contributed by atoms with E-state index in [-0.39, 0.29) is 4.90 Å². The second-order valence-corrected chi connectivity index (χ2v) is 11.4. The van der Waals surface area contributed by atoms with Gasteiger partial charge in [0.2, 0.25) is 10.0 Å². The van der Waals surface area contributed by atoms with E-state index in [1.54, 1.807) is 18.7 Å². The van der Waals surface area contributed by atoms with E-state index in [9.17, 15) is 16.8 Å². The van der Waals surface area contributed by atoms with Gasteiger partial charge in [0.25, 0.3) is 10.0 Å². The zero-order chi connectivity index (χ0) is 20.6. The molecule has 0 aliphatic rings. The van der Waals surface area contributed by atoms with E-state index in [0.717, 1.165) is 19.3 Å². The summed E-state index contributed by atoms with van der Waals surface area (Å²) in [7, 11) is -7.37. The van der Waals surface area contributed by atoms with Crippen molar-refractivity contribution < 1.29 is 16.8 Å². The van der Waals surface area contributed by atoms with Crippen molar-refractivity contribution >= 4 is 25.7 Å². The molecular formula is C18H33N3O4S2. The molecule has 0 atom stereocenters. The molecule has 0 saturated heterocycles. The van der Waals surface area contributed by atoms with Crippen LogP contribution in [0.5, 0.6) is 0 Å². The van der Waals surface area contributed by atoms with E-state index in [2.05, 4.69) is 11.6 Å². The van der Waals surface area contributed by atoms with Crippen LogP contribution in [0.4, 0.5) is 5.69 Å². The Morgan fingerprint density at radius 2 is 1.41 bits per heavy atom. The van der Waals surface area contributed by atoms with Gasteiger partial charge in [-0.3, -0.25) is 10.6 Å². The van der Waals surface area contributed by atoms with E-state index in [0.29, 0.717) is 12.1 Å². The third-order valence-corrected chi connectivity index (χ3v) is 8.05. The molecule has 0 amide bonds. The molecule has 0 saturated carbocycles. The smallest absolute Gasteiger partial charge is 0.253 e. The zero-order valence-electron chi connectivity index (χ0n) is 16.5. The van der Waals surface area contributed by atoms with Crippen LogP contribution in [0.3, 0.4) is 0 Å². The Kier molecular flexibility index (Phi) is 9.20. The van der Waals surface area contributed by atoms with Crippen LogP contribution in [0, 0.1) is 0 Å². The minimum Gasteiger partial charge on any atom is -0.283 e. The maximum Gasteiger partial charge on any atom is 0.253 e. The molecule has 0 aliphatic carbocycles. The van der Waals surface area contributed by atoms with Crippen LogP contribution in [-0.2, 0) is 20.0 Å². The van der Waals surface area contributed by atoms with Crippen molar-refractivity contribution in [3.05, 3.63) is 24.3 Å². The van der Waals surface area contributed by atoms with Gasteiger partial charge in [-0.2, -0.15) is 4.83 Å². The highest BCUT2D eigenvalue weighted by molar-refractivity contribution is 7.94. The van der Waals surface area contributed by atoms with Crippen LogP contribution in [0.25, 0.3) is 0 Å². The highest BCUT2D eigenvalue weighted by atomic mass is 32.2. The van der Waals surface area contributed by atoms with Crippen molar-refractivity contribution in [1.82, 2.24) is 4.83 Å². The van der Waals surface area contributed by atoms with E-state index >= 15 is 0 Å². The third kappa shape index (κ3) is 7.40. The molecule has 0 unspecified atom stereocenters. The Morgan fingerprint density at radius 3 is 1.93 bits per heavy atom. The highest BCUT2D eigenvalue weighted by Crippen LogP contribution is 2.27. The first-order valence-corrected chi connectivity index (χ1v) is 12.4.